The van der Waals surface area contributed by atoms with E-state index in [4.69, 9.17) is 9.47 Å². The molecular weight excluding hydrogens is 218 g/mol. The van der Waals surface area contributed by atoms with Gasteiger partial charge in [-0.05, 0) is 37.6 Å². The lowest BCUT2D eigenvalue weighted by molar-refractivity contribution is 0.173. The summed E-state index contributed by atoms with van der Waals surface area (Å²) in [5, 5.41) is 1.01. The first-order valence-corrected chi connectivity index (χ1v) is 5.34. The van der Waals surface area contributed by atoms with Gasteiger partial charge in [-0.2, -0.15) is 0 Å². The van der Waals surface area contributed by atoms with Crippen molar-refractivity contribution >= 4 is 17.0 Å². The molecule has 1 heterocycles. The van der Waals surface area contributed by atoms with Gasteiger partial charge in [0.05, 0.1) is 19.7 Å². The average Bonchev–Trinajstić information content (AvgIpc) is 2.61. The first kappa shape index (κ1) is 11.5. The highest BCUT2D eigenvalue weighted by molar-refractivity contribution is 5.94. The van der Waals surface area contributed by atoms with E-state index in [2.05, 4.69) is 0 Å². The third kappa shape index (κ3) is 1.65. The van der Waals surface area contributed by atoms with Gasteiger partial charge in [0.1, 0.15) is 5.75 Å². The number of aryl methyl sites for hydroxylation is 1. The molecule has 2 aromatic rings. The van der Waals surface area contributed by atoms with Crippen molar-refractivity contribution in [1.29, 1.82) is 0 Å². The topological polar surface area (TPSA) is 40.5 Å². The Bertz CT molecular complexity index is 584. The molecule has 0 spiro atoms. The van der Waals surface area contributed by atoms with E-state index < -0.39 is 0 Å². The molecule has 0 bridgehead atoms. The van der Waals surface area contributed by atoms with Gasteiger partial charge in [-0.15, -0.1) is 0 Å². The molecule has 0 saturated heterocycles. The second kappa shape index (κ2) is 4.13. The molecule has 90 valence electrons. The monoisotopic (exact) mass is 233 g/mol. The maximum atomic E-state index is 11.7. The minimum Gasteiger partial charge on any atom is -0.497 e. The van der Waals surface area contributed by atoms with E-state index in [-0.39, 0.29) is 6.09 Å². The Kier molecular flexibility index (Phi) is 2.79. The molecule has 0 N–H and O–H groups in total. The predicted molar refractivity (Wildman–Crippen MR) is 65.8 cm³/mol. The standard InChI is InChI=1S/C13H15NO3/c1-8-9(2)14(13(15)17-4)12-6-5-10(16-3)7-11(8)12/h5-7H,1-4H3. The summed E-state index contributed by atoms with van der Waals surface area (Å²) in [7, 11) is 3.01. The van der Waals surface area contributed by atoms with Crippen LogP contribution < -0.4 is 4.74 Å². The lowest BCUT2D eigenvalue weighted by Crippen LogP contribution is -2.12. The van der Waals surface area contributed by atoms with E-state index in [1.54, 1.807) is 11.7 Å². The second-order valence-corrected chi connectivity index (χ2v) is 3.90. The van der Waals surface area contributed by atoms with Crippen molar-refractivity contribution in [3.8, 4) is 5.75 Å². The first-order chi connectivity index (χ1) is 8.10. The van der Waals surface area contributed by atoms with Gasteiger partial charge in [0.15, 0.2) is 0 Å². The summed E-state index contributed by atoms with van der Waals surface area (Å²) < 4.78 is 11.5. The molecule has 0 amide bonds. The van der Waals surface area contributed by atoms with E-state index in [9.17, 15) is 4.79 Å². The number of carbonyl (C=O) groups excluding carboxylic acids is 1. The smallest absolute Gasteiger partial charge is 0.418 e. The number of aromatic nitrogens is 1. The summed E-state index contributed by atoms with van der Waals surface area (Å²) in [6, 6.07) is 5.63. The van der Waals surface area contributed by atoms with Gasteiger partial charge in [-0.3, -0.25) is 0 Å². The van der Waals surface area contributed by atoms with Gasteiger partial charge in [-0.1, -0.05) is 0 Å². The fraction of sp³-hybridized carbons (Fsp3) is 0.308. The molecule has 0 fully saturated rings. The number of nitrogens with zero attached hydrogens (tertiary/aromatic N) is 1. The Labute approximate surface area is 99.7 Å². The van der Waals surface area contributed by atoms with Crippen LogP contribution in [-0.2, 0) is 4.74 Å². The van der Waals surface area contributed by atoms with E-state index >= 15 is 0 Å². The predicted octanol–water partition coefficient (Wildman–Crippen LogP) is 2.88. The summed E-state index contributed by atoms with van der Waals surface area (Å²) in [5.74, 6) is 0.780. The van der Waals surface area contributed by atoms with E-state index in [0.29, 0.717) is 0 Å². The van der Waals surface area contributed by atoms with Crippen molar-refractivity contribution in [3.05, 3.63) is 29.5 Å². The molecule has 1 aromatic carbocycles. The summed E-state index contributed by atoms with van der Waals surface area (Å²) in [6.45, 7) is 3.88. The highest BCUT2D eigenvalue weighted by Gasteiger charge is 2.16. The molecule has 0 unspecified atom stereocenters. The van der Waals surface area contributed by atoms with Crippen LogP contribution in [0.1, 0.15) is 11.3 Å². The van der Waals surface area contributed by atoms with Crippen LogP contribution in [0.2, 0.25) is 0 Å². The molecule has 4 heteroatoms. The highest BCUT2D eigenvalue weighted by Crippen LogP contribution is 2.28. The lowest BCUT2D eigenvalue weighted by Gasteiger charge is -2.05. The third-order valence-electron chi connectivity index (χ3n) is 3.08. The Morgan fingerprint density at radius 2 is 1.94 bits per heavy atom. The molecule has 2 rings (SSSR count). The number of carbonyl (C=O) groups is 1. The minimum atomic E-state index is -0.370. The molecule has 0 aliphatic rings. The van der Waals surface area contributed by atoms with Gasteiger partial charge in [-0.25, -0.2) is 9.36 Å². The molecule has 0 saturated carbocycles. The van der Waals surface area contributed by atoms with Gasteiger partial charge in [0, 0.05) is 11.1 Å². The minimum absolute atomic E-state index is 0.370. The van der Waals surface area contributed by atoms with Crippen LogP contribution in [0.15, 0.2) is 18.2 Å². The number of methoxy groups -OCH3 is 2. The highest BCUT2D eigenvalue weighted by atomic mass is 16.5. The van der Waals surface area contributed by atoms with E-state index in [0.717, 1.165) is 27.9 Å². The Hall–Kier alpha value is -1.97. The number of rotatable bonds is 1. The molecule has 0 atom stereocenters. The van der Waals surface area contributed by atoms with Crippen molar-refractivity contribution in [1.82, 2.24) is 4.57 Å². The number of hydrogen-bond donors (Lipinski definition) is 0. The van der Waals surface area contributed by atoms with E-state index in [1.807, 2.05) is 32.0 Å². The van der Waals surface area contributed by atoms with Crippen molar-refractivity contribution < 1.29 is 14.3 Å². The SMILES string of the molecule is COC(=O)n1c(C)c(C)c2cc(OC)ccc21. The molecule has 0 aliphatic carbocycles. The molecule has 4 nitrogen and oxygen atoms in total. The van der Waals surface area contributed by atoms with Crippen LogP contribution in [0.25, 0.3) is 10.9 Å². The molecule has 0 radical (unpaired) electrons. The molecule has 1 aromatic heterocycles. The van der Waals surface area contributed by atoms with Gasteiger partial charge < -0.3 is 9.47 Å². The van der Waals surface area contributed by atoms with Gasteiger partial charge in [0.2, 0.25) is 0 Å². The Morgan fingerprint density at radius 3 is 2.53 bits per heavy atom. The average molecular weight is 233 g/mol. The maximum Gasteiger partial charge on any atom is 0.418 e. The second-order valence-electron chi connectivity index (χ2n) is 3.90. The molecule has 17 heavy (non-hydrogen) atoms. The Balaban J connectivity index is 2.78. The van der Waals surface area contributed by atoms with Gasteiger partial charge in [0.25, 0.3) is 0 Å². The number of benzene rings is 1. The fourth-order valence-electron chi connectivity index (χ4n) is 2.01. The zero-order chi connectivity index (χ0) is 12.6. The molecule has 0 aliphatic heterocycles. The number of fused-ring (bicyclic) bond motifs is 1. The number of ether oxygens (including phenoxy) is 2. The van der Waals surface area contributed by atoms with Crippen molar-refractivity contribution in [2.45, 2.75) is 13.8 Å². The summed E-state index contributed by atoms with van der Waals surface area (Å²) in [5.41, 5.74) is 2.79. The number of hydrogen-bond acceptors (Lipinski definition) is 3. The van der Waals surface area contributed by atoms with Crippen LogP contribution in [0.5, 0.6) is 5.75 Å². The lowest BCUT2D eigenvalue weighted by atomic mass is 10.1. The van der Waals surface area contributed by atoms with Crippen LogP contribution in [0, 0.1) is 13.8 Å². The third-order valence-corrected chi connectivity index (χ3v) is 3.08. The fourth-order valence-corrected chi connectivity index (χ4v) is 2.01. The van der Waals surface area contributed by atoms with Gasteiger partial charge >= 0.3 is 6.09 Å². The van der Waals surface area contributed by atoms with Crippen molar-refractivity contribution in [3.63, 3.8) is 0 Å². The van der Waals surface area contributed by atoms with Crippen molar-refractivity contribution in [2.75, 3.05) is 14.2 Å². The normalized spacial score (nSPS) is 10.6. The van der Waals surface area contributed by atoms with Crippen LogP contribution >= 0.6 is 0 Å². The quantitative estimate of drug-likeness (QED) is 0.760. The van der Waals surface area contributed by atoms with E-state index in [1.165, 1.54) is 7.11 Å². The Morgan fingerprint density at radius 1 is 1.24 bits per heavy atom. The van der Waals surface area contributed by atoms with Crippen LogP contribution in [0.3, 0.4) is 0 Å². The summed E-state index contributed by atoms with van der Waals surface area (Å²) in [4.78, 5) is 11.7. The largest absolute Gasteiger partial charge is 0.497 e. The zero-order valence-electron chi connectivity index (χ0n) is 10.4. The summed E-state index contributed by atoms with van der Waals surface area (Å²) in [6.07, 6.45) is -0.370. The maximum absolute atomic E-state index is 11.7. The first-order valence-electron chi connectivity index (χ1n) is 5.34. The molecular formula is C13H15NO3. The summed E-state index contributed by atoms with van der Waals surface area (Å²) >= 11 is 0. The van der Waals surface area contributed by atoms with Crippen LogP contribution in [0.4, 0.5) is 4.79 Å². The zero-order valence-corrected chi connectivity index (χ0v) is 10.4. The van der Waals surface area contributed by atoms with Crippen LogP contribution in [-0.4, -0.2) is 24.9 Å². The van der Waals surface area contributed by atoms with Crippen molar-refractivity contribution in [2.24, 2.45) is 0 Å².